The highest BCUT2D eigenvalue weighted by Gasteiger charge is 2.29. The van der Waals surface area contributed by atoms with Crippen molar-refractivity contribution in [2.45, 2.75) is 57.5 Å². The van der Waals surface area contributed by atoms with Gasteiger partial charge in [-0.3, -0.25) is 5.10 Å². The van der Waals surface area contributed by atoms with Gasteiger partial charge in [-0.25, -0.2) is 4.79 Å². The number of H-pyrrole nitrogens is 1. The highest BCUT2D eigenvalue weighted by molar-refractivity contribution is 5.73. The van der Waals surface area contributed by atoms with E-state index in [9.17, 15) is 9.90 Å². The van der Waals surface area contributed by atoms with Gasteiger partial charge >= 0.3 is 6.03 Å². The van der Waals surface area contributed by atoms with Crippen LogP contribution in [0, 0.1) is 6.92 Å². The first-order valence-electron chi connectivity index (χ1n) is 7.82. The lowest BCUT2D eigenvalue weighted by molar-refractivity contribution is 0.00720. The van der Waals surface area contributed by atoms with E-state index < -0.39 is 5.60 Å². The number of amides is 2. The molecule has 0 unspecified atom stereocenters. The van der Waals surface area contributed by atoms with Crippen molar-refractivity contribution in [2.75, 3.05) is 13.1 Å². The predicted octanol–water partition coefficient (Wildman–Crippen LogP) is 1.65. The third-order valence-electron chi connectivity index (χ3n) is 4.21. The van der Waals surface area contributed by atoms with Crippen LogP contribution in [-0.2, 0) is 6.42 Å². The van der Waals surface area contributed by atoms with E-state index in [0.717, 1.165) is 44.2 Å². The van der Waals surface area contributed by atoms with E-state index in [1.54, 1.807) is 0 Å². The van der Waals surface area contributed by atoms with Crippen molar-refractivity contribution in [1.29, 1.82) is 0 Å². The van der Waals surface area contributed by atoms with Crippen LogP contribution in [0.15, 0.2) is 6.20 Å². The van der Waals surface area contributed by atoms with Crippen LogP contribution in [-0.4, -0.2) is 40.0 Å². The van der Waals surface area contributed by atoms with Gasteiger partial charge in [0.05, 0.1) is 11.8 Å². The third-order valence-corrected chi connectivity index (χ3v) is 4.21. The molecule has 1 saturated carbocycles. The lowest BCUT2D eigenvalue weighted by Gasteiger charge is -2.32. The van der Waals surface area contributed by atoms with E-state index in [1.807, 2.05) is 13.1 Å². The summed E-state index contributed by atoms with van der Waals surface area (Å²) in [4.78, 5) is 11.7. The van der Waals surface area contributed by atoms with E-state index in [-0.39, 0.29) is 6.03 Å². The van der Waals surface area contributed by atoms with Gasteiger partial charge in [0.1, 0.15) is 0 Å². The molecular weight excluding hydrogens is 268 g/mol. The fourth-order valence-electron chi connectivity index (χ4n) is 2.80. The Kier molecular flexibility index (Phi) is 5.61. The molecule has 1 aromatic rings. The lowest BCUT2D eigenvalue weighted by atomic mass is 9.85. The summed E-state index contributed by atoms with van der Waals surface area (Å²) in [5.41, 5.74) is 1.57. The van der Waals surface area contributed by atoms with Crippen molar-refractivity contribution in [3.63, 3.8) is 0 Å². The summed E-state index contributed by atoms with van der Waals surface area (Å²) in [6.45, 7) is 2.96. The van der Waals surface area contributed by atoms with Crippen molar-refractivity contribution >= 4 is 6.03 Å². The van der Waals surface area contributed by atoms with E-state index in [4.69, 9.17) is 0 Å². The van der Waals surface area contributed by atoms with Gasteiger partial charge in [-0.05, 0) is 38.2 Å². The molecule has 1 heterocycles. The molecule has 0 atom stereocenters. The molecule has 0 aromatic carbocycles. The van der Waals surface area contributed by atoms with Gasteiger partial charge in [-0.1, -0.05) is 19.3 Å². The molecule has 1 aliphatic carbocycles. The van der Waals surface area contributed by atoms with Gasteiger partial charge in [0, 0.05) is 18.8 Å². The highest BCUT2D eigenvalue weighted by Crippen LogP contribution is 2.27. The SMILES string of the molecule is Cc1[nH]ncc1CCCNC(=O)NCC1(O)CCCCC1. The molecule has 2 rings (SSSR count). The van der Waals surface area contributed by atoms with Crippen LogP contribution in [0.4, 0.5) is 4.79 Å². The zero-order valence-corrected chi connectivity index (χ0v) is 12.7. The standard InChI is InChI=1S/C15H26N4O2/c1-12-13(10-18-19-12)6-5-9-16-14(20)17-11-15(21)7-3-2-4-8-15/h10,21H,2-9,11H2,1H3,(H,18,19)(H2,16,17,20). The van der Waals surface area contributed by atoms with Gasteiger partial charge < -0.3 is 15.7 Å². The number of carbonyl (C=O) groups excluding carboxylic acids is 1. The quantitative estimate of drug-likeness (QED) is 0.601. The summed E-state index contributed by atoms with van der Waals surface area (Å²) in [6, 6.07) is -0.196. The van der Waals surface area contributed by atoms with Crippen LogP contribution in [0.1, 0.15) is 49.8 Å². The normalized spacial score (nSPS) is 17.4. The smallest absolute Gasteiger partial charge is 0.314 e. The van der Waals surface area contributed by atoms with Crippen LogP contribution in [0.5, 0.6) is 0 Å². The molecule has 6 nitrogen and oxygen atoms in total. The Labute approximate surface area is 125 Å². The number of nitrogens with zero attached hydrogens (tertiary/aromatic N) is 1. The number of rotatable bonds is 6. The Bertz CT molecular complexity index is 452. The molecule has 1 aliphatic rings. The number of nitrogens with one attached hydrogen (secondary N) is 3. The van der Waals surface area contributed by atoms with E-state index in [2.05, 4.69) is 20.8 Å². The molecule has 0 aliphatic heterocycles. The predicted molar refractivity (Wildman–Crippen MR) is 81.1 cm³/mol. The number of urea groups is 1. The number of carbonyl (C=O) groups is 1. The zero-order valence-electron chi connectivity index (χ0n) is 12.7. The average molecular weight is 294 g/mol. The number of hydrogen-bond acceptors (Lipinski definition) is 3. The Morgan fingerprint density at radius 3 is 2.81 bits per heavy atom. The van der Waals surface area contributed by atoms with Gasteiger partial charge in [0.15, 0.2) is 0 Å². The monoisotopic (exact) mass is 294 g/mol. The number of aromatic nitrogens is 2. The van der Waals surface area contributed by atoms with Crippen molar-refractivity contribution in [1.82, 2.24) is 20.8 Å². The second-order valence-corrected chi connectivity index (χ2v) is 6.02. The number of aryl methyl sites for hydroxylation is 2. The summed E-state index contributed by atoms with van der Waals surface area (Å²) in [5.74, 6) is 0. The molecule has 0 radical (unpaired) electrons. The third kappa shape index (κ3) is 5.04. The molecule has 21 heavy (non-hydrogen) atoms. The Balaban J connectivity index is 1.58. The van der Waals surface area contributed by atoms with E-state index in [0.29, 0.717) is 13.1 Å². The summed E-state index contributed by atoms with van der Waals surface area (Å²) < 4.78 is 0. The maximum Gasteiger partial charge on any atom is 0.314 e. The Morgan fingerprint density at radius 2 is 2.14 bits per heavy atom. The second-order valence-electron chi connectivity index (χ2n) is 6.02. The molecule has 6 heteroatoms. The number of hydrogen-bond donors (Lipinski definition) is 4. The fourth-order valence-corrected chi connectivity index (χ4v) is 2.80. The van der Waals surface area contributed by atoms with E-state index in [1.165, 1.54) is 12.0 Å². The molecule has 0 saturated heterocycles. The summed E-state index contributed by atoms with van der Waals surface area (Å²) in [6.07, 6.45) is 8.44. The lowest BCUT2D eigenvalue weighted by Crippen LogP contribution is -2.47. The zero-order chi connectivity index (χ0) is 15.1. The molecule has 2 amide bonds. The minimum atomic E-state index is -0.705. The summed E-state index contributed by atoms with van der Waals surface area (Å²) >= 11 is 0. The van der Waals surface area contributed by atoms with Crippen LogP contribution in [0.25, 0.3) is 0 Å². The van der Waals surface area contributed by atoms with E-state index >= 15 is 0 Å². The molecule has 0 spiro atoms. The molecule has 0 bridgehead atoms. The minimum absolute atomic E-state index is 0.196. The Hall–Kier alpha value is -1.56. The van der Waals surface area contributed by atoms with Crippen LogP contribution in [0.3, 0.4) is 0 Å². The minimum Gasteiger partial charge on any atom is -0.388 e. The number of aliphatic hydroxyl groups is 1. The van der Waals surface area contributed by atoms with Crippen molar-refractivity contribution < 1.29 is 9.90 Å². The molecule has 1 fully saturated rings. The van der Waals surface area contributed by atoms with Crippen LogP contribution in [0.2, 0.25) is 0 Å². The van der Waals surface area contributed by atoms with Crippen LogP contribution < -0.4 is 10.6 Å². The maximum absolute atomic E-state index is 11.7. The van der Waals surface area contributed by atoms with Gasteiger partial charge in [-0.2, -0.15) is 5.10 Å². The first-order chi connectivity index (χ1) is 10.1. The fraction of sp³-hybridized carbons (Fsp3) is 0.733. The first kappa shape index (κ1) is 15.8. The van der Waals surface area contributed by atoms with Crippen LogP contribution >= 0.6 is 0 Å². The maximum atomic E-state index is 11.7. The van der Waals surface area contributed by atoms with Crippen molar-refractivity contribution in [3.8, 4) is 0 Å². The first-order valence-corrected chi connectivity index (χ1v) is 7.82. The van der Waals surface area contributed by atoms with Gasteiger partial charge in [0.25, 0.3) is 0 Å². The number of aromatic amines is 1. The molecule has 4 N–H and O–H groups in total. The van der Waals surface area contributed by atoms with Gasteiger partial charge in [-0.15, -0.1) is 0 Å². The molecule has 1 aromatic heterocycles. The summed E-state index contributed by atoms with van der Waals surface area (Å²) in [7, 11) is 0. The Morgan fingerprint density at radius 1 is 1.38 bits per heavy atom. The largest absolute Gasteiger partial charge is 0.388 e. The summed E-state index contributed by atoms with van der Waals surface area (Å²) in [5, 5.41) is 22.8. The van der Waals surface area contributed by atoms with Gasteiger partial charge in [0.2, 0.25) is 0 Å². The highest BCUT2D eigenvalue weighted by atomic mass is 16.3. The van der Waals surface area contributed by atoms with Crippen molar-refractivity contribution in [2.24, 2.45) is 0 Å². The molecular formula is C15H26N4O2. The average Bonchev–Trinajstić information content (AvgIpc) is 2.88. The molecule has 118 valence electrons. The van der Waals surface area contributed by atoms with Crippen molar-refractivity contribution in [3.05, 3.63) is 17.5 Å². The second kappa shape index (κ2) is 7.45. The topological polar surface area (TPSA) is 90.0 Å².